The Hall–Kier alpha value is -3.61. The smallest absolute Gasteiger partial charge is 0.374 e. The summed E-state index contributed by atoms with van der Waals surface area (Å²) in [5.41, 5.74) is -2.00. The maximum absolute atomic E-state index is 13.9. The van der Waals surface area contributed by atoms with E-state index in [1.165, 1.54) is 26.2 Å². The Labute approximate surface area is 222 Å². The van der Waals surface area contributed by atoms with Crippen molar-refractivity contribution in [3.8, 4) is 0 Å². The first kappa shape index (κ1) is 27.0. The normalized spacial score (nSPS) is 22.6. The molecule has 4 heterocycles. The second kappa shape index (κ2) is 10.2. The molecule has 39 heavy (non-hydrogen) atoms. The number of hydrogen-bond acceptors (Lipinski definition) is 8. The summed E-state index contributed by atoms with van der Waals surface area (Å²) >= 11 is 0. The maximum Gasteiger partial charge on any atom is 0.433 e. The van der Waals surface area contributed by atoms with E-state index in [9.17, 15) is 22.8 Å². The number of piperidine rings is 1. The van der Waals surface area contributed by atoms with E-state index in [0.717, 1.165) is 18.9 Å². The van der Waals surface area contributed by atoms with Gasteiger partial charge in [-0.05, 0) is 32.8 Å². The lowest BCUT2D eigenvalue weighted by molar-refractivity contribution is -0.141. The van der Waals surface area contributed by atoms with Crippen LogP contribution in [0.5, 0.6) is 0 Å². The largest absolute Gasteiger partial charge is 0.433 e. The van der Waals surface area contributed by atoms with Crippen LogP contribution in [0.2, 0.25) is 0 Å². The van der Waals surface area contributed by atoms with Crippen molar-refractivity contribution >= 4 is 22.9 Å². The molecule has 0 spiro atoms. The van der Waals surface area contributed by atoms with Crippen LogP contribution in [0, 0.1) is 18.8 Å². The number of likely N-dealkylation sites (tertiary alicyclic amines) is 1. The van der Waals surface area contributed by atoms with Crippen LogP contribution >= 0.6 is 0 Å². The third-order valence-electron chi connectivity index (χ3n) is 7.12. The zero-order chi connectivity index (χ0) is 28.1. The Morgan fingerprint density at radius 2 is 1.79 bits per heavy atom. The molecule has 1 saturated carbocycles. The number of nitrogens with one attached hydrogen (secondary N) is 2. The van der Waals surface area contributed by atoms with Crippen LogP contribution in [-0.4, -0.2) is 61.0 Å². The van der Waals surface area contributed by atoms with Crippen molar-refractivity contribution in [3.05, 3.63) is 51.5 Å². The van der Waals surface area contributed by atoms with Gasteiger partial charge >= 0.3 is 6.18 Å². The van der Waals surface area contributed by atoms with Gasteiger partial charge < -0.3 is 19.9 Å². The molecule has 3 aromatic rings. The number of H-pyrrole nitrogens is 1. The number of hydrogen-bond donors (Lipinski definition) is 2. The van der Waals surface area contributed by atoms with Crippen LogP contribution in [0.4, 0.5) is 19.1 Å². The second-order valence-corrected chi connectivity index (χ2v) is 10.6. The van der Waals surface area contributed by atoms with Crippen molar-refractivity contribution in [2.45, 2.75) is 65.0 Å². The summed E-state index contributed by atoms with van der Waals surface area (Å²) < 4.78 is 47.7. The lowest BCUT2D eigenvalue weighted by Crippen LogP contribution is -2.50. The fourth-order valence-corrected chi connectivity index (χ4v) is 5.11. The molecule has 0 bridgehead atoms. The zero-order valence-electron chi connectivity index (χ0n) is 22.0. The molecular weight excluding hydrogens is 515 g/mol. The van der Waals surface area contributed by atoms with Crippen LogP contribution in [-0.2, 0) is 10.9 Å². The summed E-state index contributed by atoms with van der Waals surface area (Å²) in [6.07, 6.45) is 0.586. The predicted molar refractivity (Wildman–Crippen MR) is 136 cm³/mol. The van der Waals surface area contributed by atoms with Gasteiger partial charge in [-0.2, -0.15) is 13.2 Å². The van der Waals surface area contributed by atoms with E-state index in [1.807, 2.05) is 0 Å². The van der Waals surface area contributed by atoms with Gasteiger partial charge in [0.1, 0.15) is 5.82 Å². The highest BCUT2D eigenvalue weighted by Gasteiger charge is 2.39. The molecule has 13 heteroatoms. The number of carbonyl (C=O) groups is 1. The summed E-state index contributed by atoms with van der Waals surface area (Å²) in [6.45, 7) is 8.21. The van der Waals surface area contributed by atoms with Crippen molar-refractivity contribution in [1.29, 1.82) is 0 Å². The number of carbonyl (C=O) groups excluding carboxylic acids is 1. The number of aromatic amines is 1. The number of rotatable bonds is 6. The first-order valence-corrected chi connectivity index (χ1v) is 12.9. The number of aryl methyl sites for hydroxylation is 1. The van der Waals surface area contributed by atoms with Gasteiger partial charge in [-0.1, -0.05) is 13.8 Å². The topological polar surface area (TPSA) is 126 Å². The molecule has 4 atom stereocenters. The van der Waals surface area contributed by atoms with Crippen molar-refractivity contribution in [3.63, 3.8) is 0 Å². The number of halogens is 3. The summed E-state index contributed by atoms with van der Waals surface area (Å²) in [6, 6.07) is 0.165. The van der Waals surface area contributed by atoms with E-state index in [-0.39, 0.29) is 57.8 Å². The number of alkyl halides is 3. The van der Waals surface area contributed by atoms with Gasteiger partial charge in [0.2, 0.25) is 5.95 Å². The first-order valence-electron chi connectivity index (χ1n) is 12.9. The molecule has 1 aliphatic heterocycles. The minimum Gasteiger partial charge on any atom is -0.374 e. The predicted octanol–water partition coefficient (Wildman–Crippen LogP) is 3.88. The summed E-state index contributed by atoms with van der Waals surface area (Å²) in [4.78, 5) is 45.6. The molecule has 1 aliphatic carbocycles. The number of ether oxygens (including phenoxy) is 1. The third kappa shape index (κ3) is 5.72. The number of anilines is 1. The standard InChI is InChI=1S/C26H30F3N7O3/c1-12-10-36(11-13(2)20(12)39-17-5-6-17)24(38)16-8-30-25(31-9-16)32-14(3)18-7-19-22(33-15(4)34-23(19)37)35-21(18)26(27,28)29/h7-9,12-14,17,20H,5-6,10-11H2,1-4H3,(H,30,31,32)(H,33,34,35,37)/t12-,13+,14-,20?/m1/s1. The molecular formula is C26H30F3N7O3. The van der Waals surface area contributed by atoms with Gasteiger partial charge in [-0.25, -0.2) is 19.9 Å². The Bertz CT molecular complexity index is 1430. The number of pyridine rings is 1. The molecule has 2 N–H and O–H groups in total. The minimum atomic E-state index is -4.78. The molecule has 1 amide bonds. The minimum absolute atomic E-state index is 0.0292. The van der Waals surface area contributed by atoms with E-state index in [4.69, 9.17) is 4.74 Å². The van der Waals surface area contributed by atoms with Gasteiger partial charge in [0.05, 0.1) is 29.2 Å². The highest BCUT2D eigenvalue weighted by molar-refractivity contribution is 5.93. The number of amides is 1. The molecule has 3 aromatic heterocycles. The van der Waals surface area contributed by atoms with Gasteiger partial charge in [-0.15, -0.1) is 0 Å². The quantitative estimate of drug-likeness (QED) is 0.478. The fourth-order valence-electron chi connectivity index (χ4n) is 5.11. The molecule has 0 aromatic carbocycles. The van der Waals surface area contributed by atoms with Crippen LogP contribution < -0.4 is 10.9 Å². The Morgan fingerprint density at radius 1 is 1.15 bits per heavy atom. The van der Waals surface area contributed by atoms with Gasteiger partial charge in [0, 0.05) is 42.9 Å². The summed E-state index contributed by atoms with van der Waals surface area (Å²) in [5, 5.41) is 2.76. The highest BCUT2D eigenvalue weighted by Crippen LogP contribution is 2.35. The monoisotopic (exact) mass is 545 g/mol. The summed E-state index contributed by atoms with van der Waals surface area (Å²) in [7, 11) is 0. The molecule has 10 nitrogen and oxygen atoms in total. The van der Waals surface area contributed by atoms with Gasteiger partial charge in [0.25, 0.3) is 11.5 Å². The lowest BCUT2D eigenvalue weighted by Gasteiger charge is -2.41. The molecule has 1 saturated heterocycles. The van der Waals surface area contributed by atoms with Crippen molar-refractivity contribution in [2.75, 3.05) is 18.4 Å². The van der Waals surface area contributed by atoms with E-state index in [0.29, 0.717) is 19.2 Å². The van der Waals surface area contributed by atoms with E-state index in [2.05, 4.69) is 44.1 Å². The van der Waals surface area contributed by atoms with Gasteiger partial charge in [-0.3, -0.25) is 9.59 Å². The van der Waals surface area contributed by atoms with Crippen LogP contribution in [0.25, 0.3) is 11.0 Å². The molecule has 5 rings (SSSR count). The van der Waals surface area contributed by atoms with Crippen LogP contribution in [0.1, 0.15) is 67.1 Å². The fraction of sp³-hybridized carbons (Fsp3) is 0.538. The number of nitrogens with zero attached hydrogens (tertiary/aromatic N) is 5. The zero-order valence-corrected chi connectivity index (χ0v) is 22.0. The molecule has 2 aliphatic rings. The molecule has 208 valence electrons. The molecule has 2 fully saturated rings. The Morgan fingerprint density at radius 3 is 2.38 bits per heavy atom. The average molecular weight is 546 g/mol. The van der Waals surface area contributed by atoms with E-state index < -0.39 is 23.5 Å². The van der Waals surface area contributed by atoms with Crippen LogP contribution in [0.15, 0.2) is 23.3 Å². The third-order valence-corrected chi connectivity index (χ3v) is 7.12. The maximum atomic E-state index is 13.9. The molecule has 1 unspecified atom stereocenters. The molecule has 0 radical (unpaired) electrons. The number of aromatic nitrogens is 5. The second-order valence-electron chi connectivity index (χ2n) is 10.6. The van der Waals surface area contributed by atoms with Crippen molar-refractivity contribution in [1.82, 2.24) is 29.8 Å². The lowest BCUT2D eigenvalue weighted by atomic mass is 9.88. The van der Waals surface area contributed by atoms with Crippen molar-refractivity contribution < 1.29 is 22.7 Å². The van der Waals surface area contributed by atoms with E-state index >= 15 is 0 Å². The van der Waals surface area contributed by atoms with Crippen molar-refractivity contribution in [2.24, 2.45) is 11.8 Å². The highest BCUT2D eigenvalue weighted by atomic mass is 19.4. The SMILES string of the molecule is Cc1nc2nc(C(F)(F)F)c([C@@H](C)Nc3ncc(C(=O)N4C[C@@H](C)C(OC5CC5)[C@@H](C)C4)cn3)cc2c(=O)[nH]1. The Kier molecular flexibility index (Phi) is 7.04. The first-order chi connectivity index (χ1) is 18.4. The summed E-state index contributed by atoms with van der Waals surface area (Å²) in [5.74, 6) is 0.353. The van der Waals surface area contributed by atoms with E-state index in [1.54, 1.807) is 4.90 Å². The Balaban J connectivity index is 1.32. The van der Waals surface area contributed by atoms with Crippen LogP contribution in [0.3, 0.4) is 0 Å². The van der Waals surface area contributed by atoms with Gasteiger partial charge in [0.15, 0.2) is 11.3 Å². The number of fused-ring (bicyclic) bond motifs is 1. The average Bonchev–Trinajstić information content (AvgIpc) is 3.69.